The fourth-order valence-electron chi connectivity index (χ4n) is 2.73. The fourth-order valence-corrected chi connectivity index (χ4v) is 2.73. The fraction of sp³-hybridized carbons (Fsp3) is 0.389. The highest BCUT2D eigenvalue weighted by Gasteiger charge is 2.36. The Labute approximate surface area is 133 Å². The van der Waals surface area contributed by atoms with E-state index in [1.807, 2.05) is 24.3 Å². The van der Waals surface area contributed by atoms with E-state index in [0.717, 1.165) is 11.6 Å². The van der Waals surface area contributed by atoms with Gasteiger partial charge in [-0.3, -0.25) is 4.99 Å². The van der Waals surface area contributed by atoms with E-state index >= 15 is 0 Å². The van der Waals surface area contributed by atoms with E-state index in [-0.39, 0.29) is 17.9 Å². The number of halogens is 3. The number of amidine groups is 1. The van der Waals surface area contributed by atoms with Crippen LogP contribution in [0.1, 0.15) is 38.3 Å². The molecule has 122 valence electrons. The first-order valence-corrected chi connectivity index (χ1v) is 7.59. The second kappa shape index (κ2) is 5.25. The van der Waals surface area contributed by atoms with Crippen molar-refractivity contribution in [1.82, 2.24) is 5.32 Å². The average molecular weight is 320 g/mol. The van der Waals surface area contributed by atoms with Crippen LogP contribution in [0.15, 0.2) is 52.7 Å². The Morgan fingerprint density at radius 1 is 1.09 bits per heavy atom. The quantitative estimate of drug-likeness (QED) is 0.810. The minimum atomic E-state index is -4.31. The minimum absolute atomic E-state index is 0.0610. The molecule has 1 aliphatic heterocycles. The molecule has 0 amide bonds. The summed E-state index contributed by atoms with van der Waals surface area (Å²) in [4.78, 5) is 4.51. The summed E-state index contributed by atoms with van der Waals surface area (Å²) in [6.45, 7) is 6.41. The summed E-state index contributed by atoms with van der Waals surface area (Å²) in [6.07, 6.45) is -1.66. The molecule has 0 aromatic heterocycles. The monoisotopic (exact) mass is 320 g/mol. The Bertz CT molecular complexity index is 701. The van der Waals surface area contributed by atoms with Crippen LogP contribution in [-0.2, 0) is 5.41 Å². The third-order valence-electron chi connectivity index (χ3n) is 4.13. The van der Waals surface area contributed by atoms with Crippen LogP contribution in [0.2, 0.25) is 0 Å². The zero-order chi connectivity index (χ0) is 16.8. The first-order valence-electron chi connectivity index (χ1n) is 7.59. The van der Waals surface area contributed by atoms with Gasteiger partial charge in [-0.05, 0) is 23.5 Å². The van der Waals surface area contributed by atoms with E-state index in [0.29, 0.717) is 11.5 Å². The van der Waals surface area contributed by atoms with Crippen LogP contribution in [0.25, 0.3) is 0 Å². The van der Waals surface area contributed by atoms with Crippen LogP contribution in [0.5, 0.6) is 0 Å². The van der Waals surface area contributed by atoms with E-state index in [1.165, 1.54) is 11.6 Å². The Balaban J connectivity index is 1.81. The van der Waals surface area contributed by atoms with Crippen LogP contribution in [-0.4, -0.2) is 18.1 Å². The highest BCUT2D eigenvalue weighted by atomic mass is 19.4. The van der Waals surface area contributed by atoms with Crippen LogP contribution < -0.4 is 5.32 Å². The van der Waals surface area contributed by atoms with Gasteiger partial charge in [0.1, 0.15) is 5.84 Å². The maximum atomic E-state index is 12.8. The number of hydrogen-bond donors (Lipinski definition) is 1. The first kappa shape index (κ1) is 15.8. The van der Waals surface area contributed by atoms with E-state index in [2.05, 4.69) is 31.1 Å². The molecule has 1 aromatic carbocycles. The third-order valence-corrected chi connectivity index (χ3v) is 4.13. The molecule has 2 nitrogen and oxygen atoms in total. The normalized spacial score (nSPS) is 21.1. The SMILES string of the molecule is CC(C)(C)c1ccc(C2=NC3CC=C(C(F)(F)F)C=C3N2)cc1. The molecule has 3 rings (SSSR count). The third kappa shape index (κ3) is 3.19. The number of nitrogens with one attached hydrogen (secondary N) is 1. The second-order valence-electron chi connectivity index (χ2n) is 6.94. The van der Waals surface area contributed by atoms with Crippen LogP contribution in [0.4, 0.5) is 13.2 Å². The van der Waals surface area contributed by atoms with E-state index in [4.69, 9.17) is 0 Å². The van der Waals surface area contributed by atoms with Gasteiger partial charge < -0.3 is 5.32 Å². The number of allylic oxidation sites excluding steroid dienone is 2. The van der Waals surface area contributed by atoms with Crippen molar-refractivity contribution in [1.29, 1.82) is 0 Å². The van der Waals surface area contributed by atoms with Crippen molar-refractivity contribution >= 4 is 5.84 Å². The van der Waals surface area contributed by atoms with Crippen molar-refractivity contribution in [3.8, 4) is 0 Å². The molecule has 0 radical (unpaired) electrons. The van der Waals surface area contributed by atoms with Crippen molar-refractivity contribution < 1.29 is 13.2 Å². The summed E-state index contributed by atoms with van der Waals surface area (Å²) >= 11 is 0. The van der Waals surface area contributed by atoms with Crippen LogP contribution in [0.3, 0.4) is 0 Å². The summed E-state index contributed by atoms with van der Waals surface area (Å²) in [5.41, 5.74) is 2.08. The standard InChI is InChI=1S/C18H19F3N2/c1-17(2,3)12-6-4-11(5-7-12)16-22-14-9-8-13(18(19,20)21)10-15(14)23-16/h4-8,10,14H,9H2,1-3H3,(H,22,23). The number of nitrogens with zero attached hydrogens (tertiary/aromatic N) is 1. The number of alkyl halides is 3. The predicted octanol–water partition coefficient (Wildman–Crippen LogP) is 4.48. The topological polar surface area (TPSA) is 24.4 Å². The molecule has 0 spiro atoms. The molecule has 0 fully saturated rings. The van der Waals surface area contributed by atoms with Crippen molar-refractivity contribution in [2.24, 2.45) is 4.99 Å². The molecule has 1 unspecified atom stereocenters. The van der Waals surface area contributed by atoms with Crippen molar-refractivity contribution in [3.63, 3.8) is 0 Å². The lowest BCUT2D eigenvalue weighted by Crippen LogP contribution is -2.24. The van der Waals surface area contributed by atoms with E-state index in [1.54, 1.807) is 0 Å². The number of benzene rings is 1. The maximum Gasteiger partial charge on any atom is 0.416 e. The maximum absolute atomic E-state index is 12.8. The molecule has 5 heteroatoms. The van der Waals surface area contributed by atoms with Gasteiger partial charge in [-0.1, -0.05) is 51.1 Å². The Hall–Kier alpha value is -2.04. The van der Waals surface area contributed by atoms with Gasteiger partial charge in [0.05, 0.1) is 11.6 Å². The summed E-state index contributed by atoms with van der Waals surface area (Å²) in [5.74, 6) is 0.638. The van der Waals surface area contributed by atoms with Crippen molar-refractivity contribution in [2.45, 2.75) is 44.8 Å². The van der Waals surface area contributed by atoms with Crippen molar-refractivity contribution in [3.05, 3.63) is 58.8 Å². The van der Waals surface area contributed by atoms with Crippen LogP contribution >= 0.6 is 0 Å². The van der Waals surface area contributed by atoms with Gasteiger partial charge in [0.25, 0.3) is 0 Å². The zero-order valence-electron chi connectivity index (χ0n) is 13.3. The lowest BCUT2D eigenvalue weighted by atomic mass is 9.86. The van der Waals surface area contributed by atoms with E-state index < -0.39 is 11.7 Å². The van der Waals surface area contributed by atoms with Gasteiger partial charge in [-0.2, -0.15) is 13.2 Å². The molecule has 2 aliphatic rings. The van der Waals surface area contributed by atoms with Gasteiger partial charge in [0, 0.05) is 11.3 Å². The molecule has 1 aliphatic carbocycles. The van der Waals surface area contributed by atoms with E-state index in [9.17, 15) is 13.2 Å². The largest absolute Gasteiger partial charge is 0.416 e. The highest BCUT2D eigenvalue weighted by Crippen LogP contribution is 2.33. The number of hydrogen-bond acceptors (Lipinski definition) is 2. The van der Waals surface area contributed by atoms with Crippen molar-refractivity contribution in [2.75, 3.05) is 0 Å². The number of rotatable bonds is 1. The van der Waals surface area contributed by atoms with Gasteiger partial charge >= 0.3 is 6.18 Å². The molecule has 1 heterocycles. The molecule has 23 heavy (non-hydrogen) atoms. The molecule has 0 bridgehead atoms. The smallest absolute Gasteiger partial charge is 0.342 e. The first-order chi connectivity index (χ1) is 10.6. The number of fused-ring (bicyclic) bond motifs is 1. The van der Waals surface area contributed by atoms with Crippen LogP contribution in [0, 0.1) is 0 Å². The molecule has 1 atom stereocenters. The molecular formula is C18H19F3N2. The zero-order valence-corrected chi connectivity index (χ0v) is 13.3. The second-order valence-corrected chi connectivity index (χ2v) is 6.94. The molecule has 1 N–H and O–H groups in total. The lowest BCUT2D eigenvalue weighted by Gasteiger charge is -2.19. The highest BCUT2D eigenvalue weighted by molar-refractivity contribution is 6.01. The molecular weight excluding hydrogens is 301 g/mol. The van der Waals surface area contributed by atoms with Gasteiger partial charge in [-0.15, -0.1) is 0 Å². The number of aliphatic imine (C=N–C) groups is 1. The van der Waals surface area contributed by atoms with Gasteiger partial charge in [0.15, 0.2) is 0 Å². The molecule has 1 aromatic rings. The minimum Gasteiger partial charge on any atom is -0.342 e. The van der Waals surface area contributed by atoms with Gasteiger partial charge in [-0.25, -0.2) is 0 Å². The summed E-state index contributed by atoms with van der Waals surface area (Å²) in [5, 5.41) is 3.04. The Kier molecular flexibility index (Phi) is 3.62. The summed E-state index contributed by atoms with van der Waals surface area (Å²) in [7, 11) is 0. The Morgan fingerprint density at radius 3 is 2.30 bits per heavy atom. The molecule has 0 saturated carbocycles. The van der Waals surface area contributed by atoms with Gasteiger partial charge in [0.2, 0.25) is 0 Å². The average Bonchev–Trinajstić information content (AvgIpc) is 2.88. The summed E-state index contributed by atoms with van der Waals surface area (Å²) in [6, 6.07) is 7.76. The lowest BCUT2D eigenvalue weighted by molar-refractivity contribution is -0.0887. The molecule has 0 saturated heterocycles. The predicted molar refractivity (Wildman–Crippen MR) is 85.4 cm³/mol. The Morgan fingerprint density at radius 2 is 1.74 bits per heavy atom. The summed E-state index contributed by atoms with van der Waals surface area (Å²) < 4.78 is 38.4.